The first-order chi connectivity index (χ1) is 8.59. The molecule has 0 aliphatic carbocycles. The van der Waals surface area contributed by atoms with Gasteiger partial charge in [-0.3, -0.25) is 4.79 Å². The zero-order valence-corrected chi connectivity index (χ0v) is 10.2. The highest BCUT2D eigenvalue weighted by Crippen LogP contribution is 2.19. The SMILES string of the molecule is C[C@@H](NC(=O)[C@@H]1CCCN1)c1cccc(F)c1F. The minimum atomic E-state index is -0.898. The normalized spacial score (nSPS) is 20.7. The quantitative estimate of drug-likeness (QED) is 0.865. The van der Waals surface area contributed by atoms with Gasteiger partial charge < -0.3 is 10.6 Å². The predicted octanol–water partition coefficient (Wildman–Crippen LogP) is 1.89. The number of halogens is 2. The predicted molar refractivity (Wildman–Crippen MR) is 63.9 cm³/mol. The van der Waals surface area contributed by atoms with E-state index in [0.717, 1.165) is 25.5 Å². The highest BCUT2D eigenvalue weighted by molar-refractivity contribution is 5.82. The molecular formula is C13H16F2N2O. The first kappa shape index (κ1) is 13.0. The summed E-state index contributed by atoms with van der Waals surface area (Å²) in [4.78, 5) is 11.8. The Kier molecular flexibility index (Phi) is 3.91. The number of rotatable bonds is 3. The number of carbonyl (C=O) groups excluding carboxylic acids is 1. The van der Waals surface area contributed by atoms with Crippen LogP contribution in [0.15, 0.2) is 18.2 Å². The van der Waals surface area contributed by atoms with Crippen LogP contribution in [-0.2, 0) is 4.79 Å². The summed E-state index contributed by atoms with van der Waals surface area (Å²) >= 11 is 0. The van der Waals surface area contributed by atoms with Gasteiger partial charge in [-0.25, -0.2) is 8.78 Å². The van der Waals surface area contributed by atoms with Crippen molar-refractivity contribution in [3.63, 3.8) is 0 Å². The van der Waals surface area contributed by atoms with Gasteiger partial charge in [-0.1, -0.05) is 12.1 Å². The molecule has 1 aromatic rings. The fraction of sp³-hybridized carbons (Fsp3) is 0.462. The Morgan fingerprint density at radius 1 is 1.50 bits per heavy atom. The largest absolute Gasteiger partial charge is 0.348 e. The topological polar surface area (TPSA) is 41.1 Å². The van der Waals surface area contributed by atoms with E-state index in [4.69, 9.17) is 0 Å². The molecule has 2 atom stereocenters. The third-order valence-corrected chi connectivity index (χ3v) is 3.18. The second kappa shape index (κ2) is 5.44. The van der Waals surface area contributed by atoms with Crippen LogP contribution in [0.5, 0.6) is 0 Å². The fourth-order valence-electron chi connectivity index (χ4n) is 2.15. The van der Waals surface area contributed by atoms with E-state index in [9.17, 15) is 13.6 Å². The summed E-state index contributed by atoms with van der Waals surface area (Å²) in [5, 5.41) is 5.76. The highest BCUT2D eigenvalue weighted by Gasteiger charge is 2.24. The minimum absolute atomic E-state index is 0.163. The van der Waals surface area contributed by atoms with Gasteiger partial charge in [0.15, 0.2) is 11.6 Å². The standard InChI is InChI=1S/C13H16F2N2O/c1-8(9-4-2-5-10(14)12(9)15)17-13(18)11-6-3-7-16-11/h2,4-5,8,11,16H,3,6-7H2,1H3,(H,17,18)/t8-,11+/m1/s1. The molecule has 1 saturated heterocycles. The molecule has 18 heavy (non-hydrogen) atoms. The van der Waals surface area contributed by atoms with Crippen LogP contribution in [0, 0.1) is 11.6 Å². The van der Waals surface area contributed by atoms with Gasteiger partial charge in [0.25, 0.3) is 0 Å². The van der Waals surface area contributed by atoms with Crippen molar-refractivity contribution in [2.24, 2.45) is 0 Å². The molecule has 2 N–H and O–H groups in total. The molecular weight excluding hydrogens is 238 g/mol. The molecule has 0 radical (unpaired) electrons. The maximum absolute atomic E-state index is 13.5. The van der Waals surface area contributed by atoms with Crippen molar-refractivity contribution in [3.05, 3.63) is 35.4 Å². The zero-order chi connectivity index (χ0) is 13.1. The minimum Gasteiger partial charge on any atom is -0.348 e. The van der Waals surface area contributed by atoms with Crippen LogP contribution in [0.2, 0.25) is 0 Å². The lowest BCUT2D eigenvalue weighted by molar-refractivity contribution is -0.123. The lowest BCUT2D eigenvalue weighted by Gasteiger charge is -2.18. The van der Waals surface area contributed by atoms with Gasteiger partial charge in [0.2, 0.25) is 5.91 Å². The van der Waals surface area contributed by atoms with Gasteiger partial charge >= 0.3 is 0 Å². The molecule has 1 aliphatic heterocycles. The Morgan fingerprint density at radius 2 is 2.28 bits per heavy atom. The van der Waals surface area contributed by atoms with Crippen molar-refractivity contribution in [2.75, 3.05) is 6.54 Å². The van der Waals surface area contributed by atoms with Gasteiger partial charge in [0, 0.05) is 5.56 Å². The second-order valence-corrected chi connectivity index (χ2v) is 4.52. The van der Waals surface area contributed by atoms with Crippen LogP contribution < -0.4 is 10.6 Å². The summed E-state index contributed by atoms with van der Waals surface area (Å²) in [5.41, 5.74) is 0.168. The van der Waals surface area contributed by atoms with Gasteiger partial charge in [-0.2, -0.15) is 0 Å². The molecule has 98 valence electrons. The molecule has 0 saturated carbocycles. The van der Waals surface area contributed by atoms with Crippen molar-refractivity contribution in [1.29, 1.82) is 0 Å². The molecule has 0 spiro atoms. The Morgan fingerprint density at radius 3 is 2.94 bits per heavy atom. The lowest BCUT2D eigenvalue weighted by Crippen LogP contribution is -2.41. The average Bonchev–Trinajstić information content (AvgIpc) is 2.86. The number of nitrogens with one attached hydrogen (secondary N) is 2. The Bertz CT molecular complexity index is 445. The summed E-state index contributed by atoms with van der Waals surface area (Å²) in [5.74, 6) is -1.96. The first-order valence-corrected chi connectivity index (χ1v) is 6.07. The summed E-state index contributed by atoms with van der Waals surface area (Å²) in [7, 11) is 0. The maximum atomic E-state index is 13.5. The zero-order valence-electron chi connectivity index (χ0n) is 10.2. The maximum Gasteiger partial charge on any atom is 0.237 e. The number of hydrogen-bond donors (Lipinski definition) is 2. The van der Waals surface area contributed by atoms with E-state index in [-0.39, 0.29) is 17.5 Å². The molecule has 0 aromatic heterocycles. The highest BCUT2D eigenvalue weighted by atomic mass is 19.2. The van der Waals surface area contributed by atoms with Crippen molar-refractivity contribution in [2.45, 2.75) is 31.8 Å². The van der Waals surface area contributed by atoms with E-state index in [2.05, 4.69) is 10.6 Å². The summed E-state index contributed by atoms with van der Waals surface area (Å²) in [6.45, 7) is 2.46. The first-order valence-electron chi connectivity index (χ1n) is 6.07. The molecule has 5 heteroatoms. The molecule has 0 bridgehead atoms. The smallest absolute Gasteiger partial charge is 0.237 e. The molecule has 2 rings (SSSR count). The van der Waals surface area contributed by atoms with Crippen LogP contribution >= 0.6 is 0 Å². The fourth-order valence-corrected chi connectivity index (χ4v) is 2.15. The van der Waals surface area contributed by atoms with E-state index >= 15 is 0 Å². The molecule has 0 unspecified atom stereocenters. The molecule has 1 aromatic carbocycles. The Hall–Kier alpha value is -1.49. The van der Waals surface area contributed by atoms with Gasteiger partial charge in [-0.15, -0.1) is 0 Å². The summed E-state index contributed by atoms with van der Waals surface area (Å²) < 4.78 is 26.6. The van der Waals surface area contributed by atoms with Crippen molar-refractivity contribution >= 4 is 5.91 Å². The summed E-state index contributed by atoms with van der Waals surface area (Å²) in [6.07, 6.45) is 1.74. The lowest BCUT2D eigenvalue weighted by atomic mass is 10.1. The Labute approximate surface area is 105 Å². The van der Waals surface area contributed by atoms with E-state index in [1.54, 1.807) is 6.92 Å². The van der Waals surface area contributed by atoms with Crippen molar-refractivity contribution in [1.82, 2.24) is 10.6 Å². The summed E-state index contributed by atoms with van der Waals surface area (Å²) in [6, 6.07) is 3.21. The molecule has 1 amide bonds. The molecule has 1 aliphatic rings. The van der Waals surface area contributed by atoms with Gasteiger partial charge in [0.1, 0.15) is 0 Å². The van der Waals surface area contributed by atoms with Crippen LogP contribution in [0.25, 0.3) is 0 Å². The monoisotopic (exact) mass is 254 g/mol. The molecule has 1 heterocycles. The number of carbonyl (C=O) groups is 1. The van der Waals surface area contributed by atoms with E-state index < -0.39 is 17.7 Å². The average molecular weight is 254 g/mol. The van der Waals surface area contributed by atoms with E-state index in [1.807, 2.05) is 0 Å². The van der Waals surface area contributed by atoms with Crippen LogP contribution in [-0.4, -0.2) is 18.5 Å². The van der Waals surface area contributed by atoms with Crippen LogP contribution in [0.1, 0.15) is 31.4 Å². The van der Waals surface area contributed by atoms with Gasteiger partial charge in [0.05, 0.1) is 12.1 Å². The molecule has 1 fully saturated rings. The third kappa shape index (κ3) is 2.67. The van der Waals surface area contributed by atoms with Gasteiger partial charge in [-0.05, 0) is 32.4 Å². The van der Waals surface area contributed by atoms with Crippen LogP contribution in [0.4, 0.5) is 8.78 Å². The third-order valence-electron chi connectivity index (χ3n) is 3.18. The van der Waals surface area contributed by atoms with Crippen molar-refractivity contribution < 1.29 is 13.6 Å². The van der Waals surface area contributed by atoms with E-state index in [1.165, 1.54) is 12.1 Å². The van der Waals surface area contributed by atoms with Crippen LogP contribution in [0.3, 0.4) is 0 Å². The second-order valence-electron chi connectivity index (χ2n) is 4.52. The molecule has 3 nitrogen and oxygen atoms in total. The van der Waals surface area contributed by atoms with E-state index in [0.29, 0.717) is 0 Å². The number of hydrogen-bond acceptors (Lipinski definition) is 2. The van der Waals surface area contributed by atoms with Crippen molar-refractivity contribution in [3.8, 4) is 0 Å². The Balaban J connectivity index is 2.04. The number of benzene rings is 1. The number of amides is 1.